The number of esters is 1. The van der Waals surface area contributed by atoms with E-state index in [2.05, 4.69) is 19.9 Å². The Balaban J connectivity index is 1.90. The summed E-state index contributed by atoms with van der Waals surface area (Å²) in [6.45, 7) is 4.39. The maximum atomic E-state index is 11.6. The lowest BCUT2D eigenvalue weighted by Crippen LogP contribution is -2.10. The fourth-order valence-electron chi connectivity index (χ4n) is 2.89. The van der Waals surface area contributed by atoms with Crippen LogP contribution >= 0.6 is 0 Å². The molecule has 2 rings (SSSR count). The van der Waals surface area contributed by atoms with Crippen molar-refractivity contribution in [3.8, 4) is 0 Å². The van der Waals surface area contributed by atoms with Crippen LogP contribution in [0.5, 0.6) is 0 Å². The van der Waals surface area contributed by atoms with Gasteiger partial charge in [-0.15, -0.1) is 0 Å². The van der Waals surface area contributed by atoms with Gasteiger partial charge in [-0.2, -0.15) is 0 Å². The monoisotopic (exact) mass is 304 g/mol. The van der Waals surface area contributed by atoms with E-state index in [1.807, 2.05) is 0 Å². The van der Waals surface area contributed by atoms with Crippen LogP contribution in [0.1, 0.15) is 76.5 Å². The van der Waals surface area contributed by atoms with Gasteiger partial charge in [-0.1, -0.05) is 46.0 Å². The minimum atomic E-state index is -0.218. The second-order valence-electron chi connectivity index (χ2n) is 6.13. The number of cyclic esters (lactones) is 1. The summed E-state index contributed by atoms with van der Waals surface area (Å²) in [6.07, 6.45) is 13.6. The molecule has 0 bridgehead atoms. The molecule has 0 spiro atoms. The summed E-state index contributed by atoms with van der Waals surface area (Å²) in [5, 5.41) is 0. The van der Waals surface area contributed by atoms with Crippen molar-refractivity contribution in [2.24, 2.45) is 0 Å². The van der Waals surface area contributed by atoms with Gasteiger partial charge in [0.1, 0.15) is 11.9 Å². The number of hydrogen-bond donors (Lipinski definition) is 0. The van der Waals surface area contributed by atoms with Gasteiger partial charge in [0.15, 0.2) is 0 Å². The molecular weight excluding hydrogens is 276 g/mol. The standard InChI is InChI=1S/C19H28O3/c1-3-5-7-8-9-11-18-17(13-19(20)22-18)15-12-16(21-14-15)10-6-4-2/h12-14,18H,3-11H2,1-2H3. The topological polar surface area (TPSA) is 39.4 Å². The number of carbonyl (C=O) groups is 1. The molecule has 122 valence electrons. The minimum absolute atomic E-state index is 0.0919. The number of hydrogen-bond acceptors (Lipinski definition) is 3. The normalized spacial score (nSPS) is 17.6. The quantitative estimate of drug-likeness (QED) is 0.435. The Morgan fingerprint density at radius 1 is 1.05 bits per heavy atom. The first-order valence-corrected chi connectivity index (χ1v) is 8.74. The smallest absolute Gasteiger partial charge is 0.331 e. The summed E-state index contributed by atoms with van der Waals surface area (Å²) < 4.78 is 11.1. The van der Waals surface area contributed by atoms with E-state index in [4.69, 9.17) is 9.15 Å². The fraction of sp³-hybridized carbons (Fsp3) is 0.632. The van der Waals surface area contributed by atoms with Crippen LogP contribution in [0.2, 0.25) is 0 Å². The molecule has 0 fully saturated rings. The number of carbonyl (C=O) groups excluding carboxylic acids is 1. The average molecular weight is 304 g/mol. The van der Waals surface area contributed by atoms with Gasteiger partial charge in [0.05, 0.1) is 6.26 Å². The lowest BCUT2D eigenvalue weighted by Gasteiger charge is -2.13. The second-order valence-corrected chi connectivity index (χ2v) is 6.13. The number of aryl methyl sites for hydroxylation is 1. The SMILES string of the molecule is CCCCCCCC1OC(=O)C=C1c1coc(CCCC)c1. The number of rotatable bonds is 10. The average Bonchev–Trinajstić information content (AvgIpc) is 3.11. The van der Waals surface area contributed by atoms with Gasteiger partial charge in [-0.3, -0.25) is 0 Å². The molecule has 1 aromatic heterocycles. The predicted molar refractivity (Wildman–Crippen MR) is 88.6 cm³/mol. The molecule has 1 aliphatic rings. The highest BCUT2D eigenvalue weighted by molar-refractivity contribution is 5.97. The van der Waals surface area contributed by atoms with Crippen molar-refractivity contribution in [3.05, 3.63) is 29.7 Å². The van der Waals surface area contributed by atoms with E-state index in [0.717, 1.165) is 49.0 Å². The molecule has 0 amide bonds. The van der Waals surface area contributed by atoms with Crippen LogP contribution in [0.4, 0.5) is 0 Å². The molecular formula is C19H28O3. The summed E-state index contributed by atoms with van der Waals surface area (Å²) >= 11 is 0. The Morgan fingerprint density at radius 3 is 2.59 bits per heavy atom. The number of ether oxygens (including phenoxy) is 1. The van der Waals surface area contributed by atoms with E-state index >= 15 is 0 Å². The first-order valence-electron chi connectivity index (χ1n) is 8.74. The zero-order chi connectivity index (χ0) is 15.8. The molecule has 0 radical (unpaired) electrons. The third-order valence-corrected chi connectivity index (χ3v) is 4.21. The van der Waals surface area contributed by atoms with Crippen LogP contribution in [0.15, 0.2) is 22.8 Å². The van der Waals surface area contributed by atoms with Gasteiger partial charge in [0.2, 0.25) is 0 Å². The van der Waals surface area contributed by atoms with Crippen LogP contribution in [-0.2, 0) is 16.0 Å². The zero-order valence-corrected chi connectivity index (χ0v) is 13.9. The van der Waals surface area contributed by atoms with Crippen molar-refractivity contribution in [3.63, 3.8) is 0 Å². The van der Waals surface area contributed by atoms with E-state index in [1.165, 1.54) is 25.7 Å². The Bertz CT molecular complexity index is 499. The maximum Gasteiger partial charge on any atom is 0.331 e. The van der Waals surface area contributed by atoms with Gasteiger partial charge in [-0.05, 0) is 25.3 Å². The lowest BCUT2D eigenvalue weighted by molar-refractivity contribution is -0.138. The van der Waals surface area contributed by atoms with E-state index in [9.17, 15) is 4.79 Å². The van der Waals surface area contributed by atoms with Crippen LogP contribution in [-0.4, -0.2) is 12.1 Å². The van der Waals surface area contributed by atoms with Crippen molar-refractivity contribution in [2.45, 2.75) is 77.7 Å². The summed E-state index contributed by atoms with van der Waals surface area (Å²) in [6, 6.07) is 2.06. The first-order chi connectivity index (χ1) is 10.7. The Hall–Kier alpha value is -1.51. The molecule has 0 aromatic carbocycles. The highest BCUT2D eigenvalue weighted by atomic mass is 16.5. The lowest BCUT2D eigenvalue weighted by atomic mass is 9.98. The van der Waals surface area contributed by atoms with Crippen molar-refractivity contribution >= 4 is 11.5 Å². The first kappa shape index (κ1) is 16.9. The van der Waals surface area contributed by atoms with Crippen LogP contribution in [0, 0.1) is 0 Å². The minimum Gasteiger partial charge on any atom is -0.469 e. The van der Waals surface area contributed by atoms with Crippen molar-refractivity contribution in [2.75, 3.05) is 0 Å². The maximum absolute atomic E-state index is 11.6. The Morgan fingerprint density at radius 2 is 1.82 bits per heavy atom. The van der Waals surface area contributed by atoms with Gasteiger partial charge in [0, 0.05) is 23.6 Å². The molecule has 3 nitrogen and oxygen atoms in total. The van der Waals surface area contributed by atoms with Gasteiger partial charge in [-0.25, -0.2) is 4.79 Å². The van der Waals surface area contributed by atoms with E-state index in [1.54, 1.807) is 12.3 Å². The van der Waals surface area contributed by atoms with Crippen LogP contribution < -0.4 is 0 Å². The third-order valence-electron chi connectivity index (χ3n) is 4.21. The molecule has 1 aromatic rings. The van der Waals surface area contributed by atoms with E-state index < -0.39 is 0 Å². The molecule has 0 saturated carbocycles. The van der Waals surface area contributed by atoms with Crippen molar-refractivity contribution in [1.82, 2.24) is 0 Å². The van der Waals surface area contributed by atoms with E-state index in [-0.39, 0.29) is 12.1 Å². The Labute approximate surface area is 133 Å². The highest BCUT2D eigenvalue weighted by Gasteiger charge is 2.27. The fourth-order valence-corrected chi connectivity index (χ4v) is 2.89. The van der Waals surface area contributed by atoms with Crippen LogP contribution in [0.25, 0.3) is 5.57 Å². The largest absolute Gasteiger partial charge is 0.469 e. The molecule has 1 aliphatic heterocycles. The second kappa shape index (κ2) is 8.82. The predicted octanol–water partition coefficient (Wildman–Crippen LogP) is 5.29. The molecule has 0 N–H and O–H groups in total. The third kappa shape index (κ3) is 4.75. The van der Waals surface area contributed by atoms with Crippen LogP contribution in [0.3, 0.4) is 0 Å². The molecule has 2 heterocycles. The van der Waals surface area contributed by atoms with Crippen molar-refractivity contribution in [1.29, 1.82) is 0 Å². The molecule has 1 atom stereocenters. The summed E-state index contributed by atoms with van der Waals surface area (Å²) in [7, 11) is 0. The molecule has 3 heteroatoms. The van der Waals surface area contributed by atoms with Gasteiger partial charge < -0.3 is 9.15 Å². The highest BCUT2D eigenvalue weighted by Crippen LogP contribution is 2.31. The number of furan rings is 1. The summed E-state index contributed by atoms with van der Waals surface area (Å²) in [5.74, 6) is 0.781. The van der Waals surface area contributed by atoms with Crippen molar-refractivity contribution < 1.29 is 13.9 Å². The van der Waals surface area contributed by atoms with Gasteiger partial charge >= 0.3 is 5.97 Å². The zero-order valence-electron chi connectivity index (χ0n) is 13.9. The molecule has 0 saturated heterocycles. The molecule has 1 unspecified atom stereocenters. The molecule has 22 heavy (non-hydrogen) atoms. The molecule has 0 aliphatic carbocycles. The van der Waals surface area contributed by atoms with E-state index in [0.29, 0.717) is 0 Å². The Kier molecular flexibility index (Phi) is 6.75. The number of unbranched alkanes of at least 4 members (excludes halogenated alkanes) is 5. The summed E-state index contributed by atoms with van der Waals surface area (Å²) in [5.41, 5.74) is 2.00. The summed E-state index contributed by atoms with van der Waals surface area (Å²) in [4.78, 5) is 11.6. The van der Waals surface area contributed by atoms with Gasteiger partial charge in [0.25, 0.3) is 0 Å².